The molecule has 0 saturated heterocycles. The van der Waals surface area contributed by atoms with Crippen LogP contribution < -0.4 is 0 Å². The first kappa shape index (κ1) is 27.0. The quantitative estimate of drug-likeness (QED) is 0.140. The van der Waals surface area contributed by atoms with Gasteiger partial charge in [0, 0.05) is 0 Å². The van der Waals surface area contributed by atoms with E-state index in [4.69, 9.17) is 9.47 Å². The largest absolute Gasteiger partial charge is 0.464 e. The van der Waals surface area contributed by atoms with E-state index < -0.39 is 17.4 Å². The molecule has 4 heteroatoms. The Bertz CT molecular complexity index is 871. The highest BCUT2D eigenvalue weighted by Crippen LogP contribution is 2.50. The maximum atomic E-state index is 13.8. The molecule has 0 spiro atoms. The fourth-order valence-corrected chi connectivity index (χ4v) is 5.07. The molecule has 0 N–H and O–H groups in total. The van der Waals surface area contributed by atoms with Crippen LogP contribution in [0.1, 0.15) is 102 Å². The number of ether oxygens (including phenoxy) is 2. The number of benzene rings is 2. The van der Waals surface area contributed by atoms with Crippen molar-refractivity contribution in [3.05, 3.63) is 59.7 Å². The normalized spacial score (nSPS) is 13.2. The van der Waals surface area contributed by atoms with Gasteiger partial charge in [0.2, 0.25) is 5.41 Å². The standard InChI is InChI=1S/C31H42O4/c1-3-5-7-9-11-17-23-34-29(32)31(30(33)35-24-18-12-10-8-6-4-2)27-21-15-13-19-25(27)26-20-14-16-22-28(26)31/h13-16,19-22H,3-12,17-18,23-24H2,1-2H3. The molecule has 3 rings (SSSR count). The van der Waals surface area contributed by atoms with Gasteiger partial charge in [0.15, 0.2) is 0 Å². The Labute approximate surface area is 211 Å². The molecule has 0 radical (unpaired) electrons. The van der Waals surface area contributed by atoms with Gasteiger partial charge in [-0.25, -0.2) is 0 Å². The van der Waals surface area contributed by atoms with Gasteiger partial charge < -0.3 is 9.47 Å². The van der Waals surface area contributed by atoms with Gasteiger partial charge in [0.25, 0.3) is 0 Å². The Hall–Kier alpha value is -2.62. The van der Waals surface area contributed by atoms with Gasteiger partial charge in [0.05, 0.1) is 13.2 Å². The van der Waals surface area contributed by atoms with Crippen LogP contribution in [0.2, 0.25) is 0 Å². The van der Waals surface area contributed by atoms with Crippen molar-refractivity contribution < 1.29 is 19.1 Å². The van der Waals surface area contributed by atoms with Crippen molar-refractivity contribution in [2.45, 2.75) is 96.3 Å². The molecule has 1 aliphatic rings. The van der Waals surface area contributed by atoms with Gasteiger partial charge in [-0.15, -0.1) is 0 Å². The van der Waals surface area contributed by atoms with Crippen LogP contribution in [0.5, 0.6) is 0 Å². The minimum absolute atomic E-state index is 0.321. The predicted octanol–water partition coefficient (Wildman–Crippen LogP) is 7.76. The number of rotatable bonds is 16. The fourth-order valence-electron chi connectivity index (χ4n) is 5.07. The predicted molar refractivity (Wildman–Crippen MR) is 141 cm³/mol. The number of fused-ring (bicyclic) bond motifs is 3. The number of hydrogen-bond acceptors (Lipinski definition) is 4. The molecule has 0 heterocycles. The van der Waals surface area contributed by atoms with Crippen LogP contribution in [-0.4, -0.2) is 25.2 Å². The first-order valence-electron chi connectivity index (χ1n) is 13.7. The highest BCUT2D eigenvalue weighted by Gasteiger charge is 2.57. The Morgan fingerprint density at radius 3 is 1.37 bits per heavy atom. The maximum Gasteiger partial charge on any atom is 0.332 e. The molecular weight excluding hydrogens is 436 g/mol. The molecule has 1 aliphatic carbocycles. The zero-order valence-electron chi connectivity index (χ0n) is 21.7. The van der Waals surface area contributed by atoms with E-state index in [-0.39, 0.29) is 0 Å². The average Bonchev–Trinajstić information content (AvgIpc) is 3.19. The molecule has 0 fully saturated rings. The van der Waals surface area contributed by atoms with E-state index in [9.17, 15) is 9.59 Å². The van der Waals surface area contributed by atoms with E-state index in [2.05, 4.69) is 13.8 Å². The third kappa shape index (κ3) is 6.34. The second-order valence-electron chi connectivity index (χ2n) is 9.65. The summed E-state index contributed by atoms with van der Waals surface area (Å²) in [5.41, 5.74) is 1.58. The van der Waals surface area contributed by atoms with Gasteiger partial charge in [-0.2, -0.15) is 0 Å². The molecule has 0 atom stereocenters. The minimum atomic E-state index is -1.56. The van der Waals surface area contributed by atoms with E-state index in [1.54, 1.807) is 0 Å². The molecule has 0 unspecified atom stereocenters. The van der Waals surface area contributed by atoms with Gasteiger partial charge in [-0.05, 0) is 35.1 Å². The Kier molecular flexibility index (Phi) is 10.8. The van der Waals surface area contributed by atoms with Crippen LogP contribution in [0.3, 0.4) is 0 Å². The number of carbonyl (C=O) groups excluding carboxylic acids is 2. The Balaban J connectivity index is 1.76. The molecule has 0 aromatic heterocycles. The zero-order valence-corrected chi connectivity index (χ0v) is 21.7. The highest BCUT2D eigenvalue weighted by molar-refractivity contribution is 6.15. The summed E-state index contributed by atoms with van der Waals surface area (Å²) >= 11 is 0. The van der Waals surface area contributed by atoms with Crippen molar-refractivity contribution in [3.63, 3.8) is 0 Å². The summed E-state index contributed by atoms with van der Waals surface area (Å²) in [6, 6.07) is 15.3. The third-order valence-corrected chi connectivity index (χ3v) is 7.03. The second-order valence-corrected chi connectivity index (χ2v) is 9.65. The van der Waals surface area contributed by atoms with Crippen LogP contribution >= 0.6 is 0 Å². The summed E-state index contributed by atoms with van der Waals surface area (Å²) in [5, 5.41) is 0. The molecular formula is C31H42O4. The fraction of sp³-hybridized carbons (Fsp3) is 0.548. The molecule has 0 amide bonds. The molecule has 35 heavy (non-hydrogen) atoms. The van der Waals surface area contributed by atoms with Crippen molar-refractivity contribution in [1.82, 2.24) is 0 Å². The summed E-state index contributed by atoms with van der Waals surface area (Å²) in [6.07, 6.45) is 13.2. The molecule has 0 saturated carbocycles. The summed E-state index contributed by atoms with van der Waals surface area (Å²) in [6.45, 7) is 5.04. The van der Waals surface area contributed by atoms with Crippen molar-refractivity contribution in [3.8, 4) is 11.1 Å². The van der Waals surface area contributed by atoms with Crippen molar-refractivity contribution in [2.75, 3.05) is 13.2 Å². The lowest BCUT2D eigenvalue weighted by Gasteiger charge is -2.27. The monoisotopic (exact) mass is 478 g/mol. The molecule has 4 nitrogen and oxygen atoms in total. The first-order chi connectivity index (χ1) is 17.2. The topological polar surface area (TPSA) is 52.6 Å². The number of carbonyl (C=O) groups is 2. The summed E-state index contributed by atoms with van der Waals surface area (Å²) in [4.78, 5) is 27.5. The molecule has 2 aromatic carbocycles. The van der Waals surface area contributed by atoms with E-state index in [1.807, 2.05) is 48.5 Å². The lowest BCUT2D eigenvalue weighted by molar-refractivity contribution is -0.162. The van der Waals surface area contributed by atoms with Gasteiger partial charge in [-0.3, -0.25) is 9.59 Å². The van der Waals surface area contributed by atoms with E-state index >= 15 is 0 Å². The third-order valence-electron chi connectivity index (χ3n) is 7.03. The smallest absolute Gasteiger partial charge is 0.332 e. The van der Waals surface area contributed by atoms with Gasteiger partial charge in [-0.1, -0.05) is 127 Å². The number of esters is 2. The van der Waals surface area contributed by atoms with E-state index in [0.29, 0.717) is 24.3 Å². The lowest BCUT2D eigenvalue weighted by Crippen LogP contribution is -2.46. The second kappa shape index (κ2) is 14.1. The lowest BCUT2D eigenvalue weighted by atomic mass is 9.78. The summed E-state index contributed by atoms with van der Waals surface area (Å²) < 4.78 is 11.6. The average molecular weight is 479 g/mol. The van der Waals surface area contributed by atoms with Crippen LogP contribution in [0.4, 0.5) is 0 Å². The minimum Gasteiger partial charge on any atom is -0.464 e. The Morgan fingerprint density at radius 1 is 0.571 bits per heavy atom. The van der Waals surface area contributed by atoms with Crippen LogP contribution in [0, 0.1) is 0 Å². The molecule has 0 bridgehead atoms. The SMILES string of the molecule is CCCCCCCCOC(=O)C1(C(=O)OCCCCCCCC)c2ccccc2-c2ccccc21. The van der Waals surface area contributed by atoms with E-state index in [0.717, 1.165) is 49.7 Å². The van der Waals surface area contributed by atoms with E-state index in [1.165, 1.54) is 38.5 Å². The van der Waals surface area contributed by atoms with Crippen molar-refractivity contribution in [1.29, 1.82) is 0 Å². The summed E-state index contributed by atoms with van der Waals surface area (Å²) in [7, 11) is 0. The van der Waals surface area contributed by atoms with Gasteiger partial charge >= 0.3 is 11.9 Å². The zero-order chi connectivity index (χ0) is 24.9. The van der Waals surface area contributed by atoms with Gasteiger partial charge in [0.1, 0.15) is 0 Å². The summed E-state index contributed by atoms with van der Waals surface area (Å²) in [5.74, 6) is -1.03. The maximum absolute atomic E-state index is 13.8. The van der Waals surface area contributed by atoms with Crippen molar-refractivity contribution in [2.24, 2.45) is 0 Å². The van der Waals surface area contributed by atoms with Crippen molar-refractivity contribution >= 4 is 11.9 Å². The number of unbranched alkanes of at least 4 members (excludes halogenated alkanes) is 10. The Morgan fingerprint density at radius 2 is 0.943 bits per heavy atom. The van der Waals surface area contributed by atoms with Crippen LogP contribution in [-0.2, 0) is 24.5 Å². The highest BCUT2D eigenvalue weighted by atomic mass is 16.6. The molecule has 2 aromatic rings. The van der Waals surface area contributed by atoms with Crippen LogP contribution in [0.15, 0.2) is 48.5 Å². The molecule has 190 valence electrons. The van der Waals surface area contributed by atoms with Crippen LogP contribution in [0.25, 0.3) is 11.1 Å². The first-order valence-corrected chi connectivity index (χ1v) is 13.7. The number of hydrogen-bond donors (Lipinski definition) is 0. The molecule has 0 aliphatic heterocycles.